The molecule has 0 saturated carbocycles. The molecule has 3 amide bonds. The molecule has 6 heteroatoms. The van der Waals surface area contributed by atoms with Crippen molar-refractivity contribution in [1.29, 1.82) is 0 Å². The minimum absolute atomic E-state index is 0. The van der Waals surface area contributed by atoms with Gasteiger partial charge < -0.3 is 5.11 Å². The van der Waals surface area contributed by atoms with Crippen LogP contribution in [0.5, 0.6) is 0 Å². The Balaban J connectivity index is 0.00000361. The number of carbonyl (C=O) groups is 2. The van der Waals surface area contributed by atoms with Crippen LogP contribution in [0.1, 0.15) is 26.7 Å². The number of urea groups is 1. The molecule has 0 radical (unpaired) electrons. The Morgan fingerprint density at radius 1 is 1.55 bits per heavy atom. The third kappa shape index (κ3) is 3.14. The van der Waals surface area contributed by atoms with Gasteiger partial charge in [-0.1, -0.05) is 18.9 Å². The maximum Gasteiger partial charge on any atom is 1.00 e. The molecule has 0 fully saturated rings. The van der Waals surface area contributed by atoms with Crippen LogP contribution in [-0.2, 0) is 4.79 Å². The Hall–Kier alpha value is -1.09. The minimum atomic E-state index is -1.42. The van der Waals surface area contributed by atoms with Crippen LogP contribution in [0.4, 0.5) is 4.79 Å². The molecule has 1 aliphatic heterocycles. The van der Waals surface area contributed by atoms with Crippen molar-refractivity contribution in [1.82, 2.24) is 4.90 Å². The van der Waals surface area contributed by atoms with E-state index in [1.807, 2.05) is 6.92 Å². The fourth-order valence-corrected chi connectivity index (χ4v) is 2.07. The van der Waals surface area contributed by atoms with E-state index in [1.54, 1.807) is 6.92 Å². The van der Waals surface area contributed by atoms with E-state index >= 15 is 0 Å². The number of rotatable bonds is 3. The molecule has 0 saturated heterocycles. The number of aliphatic imine (C=N–C) groups is 1. The van der Waals surface area contributed by atoms with Crippen molar-refractivity contribution in [2.75, 3.05) is 7.05 Å². The van der Waals surface area contributed by atoms with Gasteiger partial charge in [0.25, 0.3) is 0 Å². The fraction of sp³-hybridized carbons (Fsp3) is 0.500. The second-order valence-electron chi connectivity index (χ2n) is 4.42. The predicted molar refractivity (Wildman–Crippen MR) is 70.1 cm³/mol. The standard InChI is InChI=1S/C14H18N2O3.Na/c1-5-7-8-10(3)14(9-6-2)11(17)15-13(19)16(4)12(14)18;/h6,10H,2,5,9H2,1,3-4H3,(H,15,17,19);/q;+1/p-1/t10-,14?;/m0./s1. The molecule has 1 unspecified atom stereocenters. The molecule has 102 valence electrons. The molecule has 0 bridgehead atoms. The molecular weight excluding hydrogens is 267 g/mol. The van der Waals surface area contributed by atoms with E-state index < -0.39 is 29.2 Å². The second kappa shape index (κ2) is 7.63. The van der Waals surface area contributed by atoms with Gasteiger partial charge in [-0.2, -0.15) is 0 Å². The number of nitrogens with zero attached hydrogens (tertiary/aromatic N) is 2. The number of hydrogen-bond donors (Lipinski definition) is 0. The Bertz CT molecular complexity index is 504. The molecule has 1 aliphatic rings. The van der Waals surface area contributed by atoms with Crippen molar-refractivity contribution < 1.29 is 44.3 Å². The molecular formula is C14H17N2NaO3. The van der Waals surface area contributed by atoms with Crippen molar-refractivity contribution in [2.24, 2.45) is 16.3 Å². The first-order valence-electron chi connectivity index (χ1n) is 6.09. The van der Waals surface area contributed by atoms with Crippen molar-refractivity contribution >= 4 is 17.8 Å². The molecule has 0 spiro atoms. The van der Waals surface area contributed by atoms with E-state index in [9.17, 15) is 14.7 Å². The summed E-state index contributed by atoms with van der Waals surface area (Å²) in [5.41, 5.74) is -1.42. The quantitative estimate of drug-likeness (QED) is 0.340. The zero-order valence-corrected chi connectivity index (χ0v) is 14.4. The summed E-state index contributed by atoms with van der Waals surface area (Å²) >= 11 is 0. The molecule has 0 N–H and O–H groups in total. The van der Waals surface area contributed by atoms with E-state index in [4.69, 9.17) is 0 Å². The second-order valence-corrected chi connectivity index (χ2v) is 4.42. The van der Waals surface area contributed by atoms with Gasteiger partial charge in [-0.25, -0.2) is 9.79 Å². The summed E-state index contributed by atoms with van der Waals surface area (Å²) in [4.78, 5) is 28.1. The normalized spacial score (nSPS) is 23.1. The monoisotopic (exact) mass is 284 g/mol. The molecule has 1 rings (SSSR count). The average Bonchev–Trinajstić information content (AvgIpc) is 2.38. The molecule has 0 aromatic heterocycles. The van der Waals surface area contributed by atoms with E-state index in [2.05, 4.69) is 23.4 Å². The van der Waals surface area contributed by atoms with E-state index in [0.717, 1.165) is 4.90 Å². The van der Waals surface area contributed by atoms with Crippen LogP contribution in [0, 0.1) is 23.2 Å². The van der Waals surface area contributed by atoms with E-state index in [-0.39, 0.29) is 36.0 Å². The molecule has 2 atom stereocenters. The number of carbonyl (C=O) groups excluding carboxylic acids is 2. The average molecular weight is 284 g/mol. The van der Waals surface area contributed by atoms with Gasteiger partial charge in [0.2, 0.25) is 5.91 Å². The van der Waals surface area contributed by atoms with Crippen LogP contribution in [0.15, 0.2) is 17.6 Å². The summed E-state index contributed by atoms with van der Waals surface area (Å²) in [7, 11) is 1.32. The van der Waals surface area contributed by atoms with E-state index in [0.29, 0.717) is 6.42 Å². The number of amides is 3. The van der Waals surface area contributed by atoms with Gasteiger partial charge in [0.1, 0.15) is 0 Å². The van der Waals surface area contributed by atoms with Crippen molar-refractivity contribution in [3.63, 3.8) is 0 Å². The van der Waals surface area contributed by atoms with Crippen LogP contribution >= 0.6 is 0 Å². The Labute approximate surface area is 141 Å². The smallest absolute Gasteiger partial charge is 0.861 e. The number of imide groups is 1. The SMILES string of the molecule is C=CCC1([C@@H](C)C#CCC)C(=O)N(C)C(=O)N=C1[O-].[Na+]. The van der Waals surface area contributed by atoms with Gasteiger partial charge in [-0.3, -0.25) is 9.69 Å². The maximum atomic E-state index is 12.4. The third-order valence-electron chi connectivity index (χ3n) is 3.25. The first-order chi connectivity index (χ1) is 8.91. The summed E-state index contributed by atoms with van der Waals surface area (Å²) in [6.07, 6.45) is 2.23. The largest absolute Gasteiger partial charge is 1.00 e. The number of hydrogen-bond acceptors (Lipinski definition) is 3. The van der Waals surface area contributed by atoms with Gasteiger partial charge >= 0.3 is 35.6 Å². The van der Waals surface area contributed by atoms with Crippen LogP contribution in [0.25, 0.3) is 0 Å². The van der Waals surface area contributed by atoms with Gasteiger partial charge in [0.05, 0.1) is 5.41 Å². The first kappa shape index (κ1) is 18.9. The molecule has 0 aromatic rings. The topological polar surface area (TPSA) is 72.8 Å². The summed E-state index contributed by atoms with van der Waals surface area (Å²) < 4.78 is 0. The van der Waals surface area contributed by atoms with Crippen LogP contribution in [-0.4, -0.2) is 29.8 Å². The van der Waals surface area contributed by atoms with Crippen molar-refractivity contribution in [2.45, 2.75) is 26.7 Å². The van der Waals surface area contributed by atoms with Crippen molar-refractivity contribution in [3.8, 4) is 11.8 Å². The van der Waals surface area contributed by atoms with Crippen LogP contribution in [0.3, 0.4) is 0 Å². The molecule has 20 heavy (non-hydrogen) atoms. The summed E-state index contributed by atoms with van der Waals surface area (Å²) in [6.45, 7) is 7.15. The predicted octanol–water partition coefficient (Wildman–Crippen LogP) is -2.05. The van der Waals surface area contributed by atoms with E-state index in [1.165, 1.54) is 13.1 Å². The van der Waals surface area contributed by atoms with Gasteiger partial charge in [0.15, 0.2) is 0 Å². The first-order valence-corrected chi connectivity index (χ1v) is 6.09. The van der Waals surface area contributed by atoms with Gasteiger partial charge in [0, 0.05) is 19.4 Å². The number of allylic oxidation sites excluding steroid dienone is 1. The minimum Gasteiger partial charge on any atom is -0.861 e. The summed E-state index contributed by atoms with van der Waals surface area (Å²) in [5.74, 6) is 3.94. The fourth-order valence-electron chi connectivity index (χ4n) is 2.07. The molecule has 0 aromatic carbocycles. The van der Waals surface area contributed by atoms with Gasteiger partial charge in [-0.05, 0) is 19.2 Å². The maximum absolute atomic E-state index is 12.4. The third-order valence-corrected chi connectivity index (χ3v) is 3.25. The van der Waals surface area contributed by atoms with Crippen molar-refractivity contribution in [3.05, 3.63) is 12.7 Å². The molecule has 1 heterocycles. The zero-order valence-electron chi connectivity index (χ0n) is 12.4. The Morgan fingerprint density at radius 3 is 2.65 bits per heavy atom. The Morgan fingerprint density at radius 2 is 2.15 bits per heavy atom. The van der Waals surface area contributed by atoms with Crippen LogP contribution < -0.4 is 34.7 Å². The van der Waals surface area contributed by atoms with Gasteiger partial charge in [-0.15, -0.1) is 12.5 Å². The molecule has 5 nitrogen and oxygen atoms in total. The zero-order chi connectivity index (χ0) is 14.6. The van der Waals surface area contributed by atoms with Crippen LogP contribution in [0.2, 0.25) is 0 Å². The summed E-state index contributed by atoms with van der Waals surface area (Å²) in [6, 6.07) is -0.828. The Kier molecular flexibility index (Phi) is 7.21. The molecule has 0 aliphatic carbocycles. The summed E-state index contributed by atoms with van der Waals surface area (Å²) in [5, 5.41) is 12.1.